The van der Waals surface area contributed by atoms with Gasteiger partial charge >= 0.3 is 0 Å². The molecule has 2 N–H and O–H groups in total. The Balaban J connectivity index is 4.03. The smallest absolute Gasteiger partial charge is 0.291 e. The predicted octanol–water partition coefficient (Wildman–Crippen LogP) is 0.0761. The molecule has 8 heavy (non-hydrogen) atoms. The summed E-state index contributed by atoms with van der Waals surface area (Å²) in [5, 5.41) is 0. The Morgan fingerprint density at radius 2 is 2.38 bits per heavy atom. The van der Waals surface area contributed by atoms with Crippen LogP contribution in [0.3, 0.4) is 0 Å². The second-order valence-corrected chi connectivity index (χ2v) is 1.21. The molecule has 0 aromatic rings. The van der Waals surface area contributed by atoms with Gasteiger partial charge in [-0.05, 0) is 13.6 Å². The Morgan fingerprint density at radius 3 is 2.50 bits per heavy atom. The number of amides is 1. The van der Waals surface area contributed by atoms with E-state index >= 15 is 0 Å². The van der Waals surface area contributed by atoms with Crippen LogP contribution in [0.4, 0.5) is 0 Å². The molecule has 3 nitrogen and oxygen atoms in total. The maximum Gasteiger partial charge on any atom is 0.291 e. The van der Waals surface area contributed by atoms with Crippen LogP contribution in [0, 0.1) is 0 Å². The molecule has 0 atom stereocenters. The number of nitrogens with zero attached hydrogens (tertiary/aromatic N) is 1. The molecular formula is C5H8N2O. The highest BCUT2D eigenvalue weighted by Gasteiger charge is 1.95. The molecule has 1 amide bonds. The third kappa shape index (κ3) is 1.55. The van der Waals surface area contributed by atoms with Crippen molar-refractivity contribution < 1.29 is 4.79 Å². The predicted molar refractivity (Wildman–Crippen MR) is 32.5 cm³/mol. The van der Waals surface area contributed by atoms with Crippen LogP contribution in [0.25, 0.3) is 0 Å². The fourth-order valence-electron chi connectivity index (χ4n) is 0.215. The van der Waals surface area contributed by atoms with Crippen molar-refractivity contribution in [3.8, 4) is 0 Å². The number of hydrogen-bond acceptors (Lipinski definition) is 2. The molecule has 0 bridgehead atoms. The van der Waals surface area contributed by atoms with Crippen molar-refractivity contribution in [1.29, 1.82) is 0 Å². The first-order valence-corrected chi connectivity index (χ1v) is 2.15. The Bertz CT molecular complexity index is 137. The van der Waals surface area contributed by atoms with Gasteiger partial charge in [0.15, 0.2) is 0 Å². The highest BCUT2D eigenvalue weighted by Crippen LogP contribution is 1.84. The maximum absolute atomic E-state index is 10.3. The van der Waals surface area contributed by atoms with Crippen LogP contribution in [0.15, 0.2) is 16.8 Å². The molecule has 0 rings (SSSR count). The van der Waals surface area contributed by atoms with Crippen molar-refractivity contribution in [3.05, 3.63) is 11.8 Å². The summed E-state index contributed by atoms with van der Waals surface area (Å²) >= 11 is 0. The number of rotatable bonds is 1. The van der Waals surface area contributed by atoms with E-state index in [2.05, 4.69) is 11.7 Å². The number of allylic oxidation sites excluding steroid dienone is 1. The SMILES string of the molecule is C=NC(=O)/C(N)=C/C. The van der Waals surface area contributed by atoms with Crippen LogP contribution in [-0.2, 0) is 4.79 Å². The van der Waals surface area contributed by atoms with Gasteiger partial charge in [-0.1, -0.05) is 6.08 Å². The zero-order valence-corrected chi connectivity index (χ0v) is 4.72. The minimum Gasteiger partial charge on any atom is -0.394 e. The monoisotopic (exact) mass is 112 g/mol. The lowest BCUT2D eigenvalue weighted by molar-refractivity contribution is -0.114. The summed E-state index contributed by atoms with van der Waals surface area (Å²) in [5.41, 5.74) is 5.24. The van der Waals surface area contributed by atoms with E-state index in [1.54, 1.807) is 6.92 Å². The van der Waals surface area contributed by atoms with Crippen LogP contribution in [-0.4, -0.2) is 12.6 Å². The number of aliphatic imine (C=N–C) groups is 1. The number of carbonyl (C=O) groups is 1. The van der Waals surface area contributed by atoms with Crippen LogP contribution in [0.1, 0.15) is 6.92 Å². The summed E-state index contributed by atoms with van der Waals surface area (Å²) in [6, 6.07) is 0. The van der Waals surface area contributed by atoms with E-state index in [1.165, 1.54) is 6.08 Å². The zero-order chi connectivity index (χ0) is 6.57. The lowest BCUT2D eigenvalue weighted by atomic mass is 10.4. The van der Waals surface area contributed by atoms with Gasteiger partial charge in [-0.25, -0.2) is 4.99 Å². The molecule has 0 fully saturated rings. The molecule has 0 aromatic heterocycles. The van der Waals surface area contributed by atoms with Crippen molar-refractivity contribution in [2.24, 2.45) is 10.7 Å². The normalized spacial score (nSPS) is 10.9. The topological polar surface area (TPSA) is 55.5 Å². The largest absolute Gasteiger partial charge is 0.394 e. The first-order chi connectivity index (χ1) is 3.72. The second-order valence-electron chi connectivity index (χ2n) is 1.21. The van der Waals surface area contributed by atoms with E-state index < -0.39 is 5.91 Å². The Labute approximate surface area is 47.9 Å². The molecule has 0 unspecified atom stereocenters. The summed E-state index contributed by atoms with van der Waals surface area (Å²) in [4.78, 5) is 13.4. The molecule has 0 aliphatic heterocycles. The summed E-state index contributed by atoms with van der Waals surface area (Å²) in [6.45, 7) is 4.67. The van der Waals surface area contributed by atoms with Gasteiger partial charge in [-0.2, -0.15) is 0 Å². The summed E-state index contributed by atoms with van der Waals surface area (Å²) in [6.07, 6.45) is 1.48. The molecule has 0 saturated carbocycles. The van der Waals surface area contributed by atoms with Gasteiger partial charge in [-0.3, -0.25) is 4.79 Å². The van der Waals surface area contributed by atoms with Gasteiger partial charge in [0.2, 0.25) is 0 Å². The van der Waals surface area contributed by atoms with Crippen LogP contribution in [0.5, 0.6) is 0 Å². The summed E-state index contributed by atoms with van der Waals surface area (Å²) < 4.78 is 0. The van der Waals surface area contributed by atoms with E-state index in [0.29, 0.717) is 0 Å². The van der Waals surface area contributed by atoms with E-state index in [1.807, 2.05) is 0 Å². The molecule has 3 heteroatoms. The Hall–Kier alpha value is -1.12. The molecular weight excluding hydrogens is 104 g/mol. The summed E-state index contributed by atoms with van der Waals surface area (Å²) in [5.74, 6) is -0.465. The lowest BCUT2D eigenvalue weighted by Crippen LogP contribution is -2.06. The molecule has 0 radical (unpaired) electrons. The number of hydrogen-bond donors (Lipinski definition) is 1. The van der Waals surface area contributed by atoms with E-state index in [4.69, 9.17) is 5.73 Å². The highest BCUT2D eigenvalue weighted by atomic mass is 16.1. The van der Waals surface area contributed by atoms with E-state index in [0.717, 1.165) is 0 Å². The first kappa shape index (κ1) is 6.88. The number of carbonyl (C=O) groups excluding carboxylic acids is 1. The third-order valence-corrected chi connectivity index (χ3v) is 0.702. The average Bonchev–Trinajstić information content (AvgIpc) is 1.84. The molecule has 0 saturated heterocycles. The maximum atomic E-state index is 10.3. The molecule has 0 aromatic carbocycles. The first-order valence-electron chi connectivity index (χ1n) is 2.15. The molecule has 0 aliphatic rings. The molecule has 0 aliphatic carbocycles. The van der Waals surface area contributed by atoms with Gasteiger partial charge < -0.3 is 5.73 Å². The van der Waals surface area contributed by atoms with Crippen molar-refractivity contribution in [2.45, 2.75) is 6.92 Å². The van der Waals surface area contributed by atoms with Gasteiger partial charge in [0.05, 0.1) is 5.70 Å². The fraction of sp³-hybridized carbons (Fsp3) is 0.200. The second kappa shape index (κ2) is 2.96. The van der Waals surface area contributed by atoms with Crippen molar-refractivity contribution in [2.75, 3.05) is 0 Å². The van der Waals surface area contributed by atoms with Gasteiger partial charge in [0.1, 0.15) is 0 Å². The van der Waals surface area contributed by atoms with Crippen molar-refractivity contribution in [1.82, 2.24) is 0 Å². The molecule has 0 spiro atoms. The lowest BCUT2D eigenvalue weighted by Gasteiger charge is -1.87. The van der Waals surface area contributed by atoms with E-state index in [-0.39, 0.29) is 5.70 Å². The minimum atomic E-state index is -0.465. The third-order valence-electron chi connectivity index (χ3n) is 0.702. The Kier molecular flexibility index (Phi) is 2.54. The van der Waals surface area contributed by atoms with Crippen LogP contribution in [0.2, 0.25) is 0 Å². The minimum absolute atomic E-state index is 0.139. The summed E-state index contributed by atoms with van der Waals surface area (Å²) in [7, 11) is 0. The van der Waals surface area contributed by atoms with Crippen molar-refractivity contribution in [3.63, 3.8) is 0 Å². The van der Waals surface area contributed by atoms with Gasteiger partial charge in [-0.15, -0.1) is 0 Å². The fourth-order valence-corrected chi connectivity index (χ4v) is 0.215. The van der Waals surface area contributed by atoms with Gasteiger partial charge in [0.25, 0.3) is 5.91 Å². The number of nitrogens with two attached hydrogens (primary N) is 1. The quantitative estimate of drug-likeness (QED) is 0.385. The molecule has 0 heterocycles. The van der Waals surface area contributed by atoms with Crippen LogP contribution < -0.4 is 5.73 Å². The van der Waals surface area contributed by atoms with Crippen LogP contribution >= 0.6 is 0 Å². The van der Waals surface area contributed by atoms with Crippen molar-refractivity contribution >= 4 is 12.6 Å². The highest BCUT2D eigenvalue weighted by molar-refractivity contribution is 5.95. The standard InChI is InChI=1S/C5H8N2O/c1-3-4(6)5(8)7-2/h3H,2,6H2,1H3/b4-3-. The van der Waals surface area contributed by atoms with E-state index in [9.17, 15) is 4.79 Å². The van der Waals surface area contributed by atoms with Gasteiger partial charge in [0, 0.05) is 0 Å². The zero-order valence-electron chi connectivity index (χ0n) is 4.72. The molecule has 44 valence electrons. The average molecular weight is 112 g/mol. The Morgan fingerprint density at radius 1 is 1.88 bits per heavy atom.